The Labute approximate surface area is 200 Å². The molecular formula is C26H28ClN5O. The van der Waals surface area contributed by atoms with E-state index in [0.717, 1.165) is 45.5 Å². The summed E-state index contributed by atoms with van der Waals surface area (Å²) in [6.45, 7) is 11.1. The van der Waals surface area contributed by atoms with Gasteiger partial charge in [0.15, 0.2) is 0 Å². The summed E-state index contributed by atoms with van der Waals surface area (Å²) in [5.74, 6) is 1.74. The summed E-state index contributed by atoms with van der Waals surface area (Å²) in [5.41, 5.74) is 6.53. The van der Waals surface area contributed by atoms with Gasteiger partial charge in [-0.2, -0.15) is 0 Å². The summed E-state index contributed by atoms with van der Waals surface area (Å²) in [6, 6.07) is 9.92. The molecule has 170 valence electrons. The first-order valence-corrected chi connectivity index (χ1v) is 11.4. The molecule has 7 heteroatoms. The molecule has 0 unspecified atom stereocenters. The van der Waals surface area contributed by atoms with Crippen LogP contribution in [0.4, 0.5) is 5.69 Å². The van der Waals surface area contributed by atoms with Crippen molar-refractivity contribution in [3.63, 3.8) is 0 Å². The van der Waals surface area contributed by atoms with Crippen LogP contribution in [0.25, 0.3) is 11.4 Å². The maximum Gasteiger partial charge on any atom is 0.137 e. The highest BCUT2D eigenvalue weighted by atomic mass is 35.5. The molecule has 0 radical (unpaired) electrons. The third kappa shape index (κ3) is 5.22. The van der Waals surface area contributed by atoms with Crippen LogP contribution in [0.3, 0.4) is 0 Å². The number of aromatic nitrogens is 4. The Balaban J connectivity index is 1.55. The average molecular weight is 462 g/mol. The zero-order chi connectivity index (χ0) is 23.5. The first-order chi connectivity index (χ1) is 15.8. The number of ether oxygens (including phenoxy) is 1. The van der Waals surface area contributed by atoms with Gasteiger partial charge in [0, 0.05) is 41.5 Å². The molecule has 4 heterocycles. The van der Waals surface area contributed by atoms with Crippen molar-refractivity contribution in [3.05, 3.63) is 88.1 Å². The highest BCUT2D eigenvalue weighted by Gasteiger charge is 2.21. The molecule has 0 atom stereocenters. The van der Waals surface area contributed by atoms with Crippen LogP contribution >= 0.6 is 11.6 Å². The van der Waals surface area contributed by atoms with Crippen molar-refractivity contribution in [2.45, 2.75) is 47.1 Å². The van der Waals surface area contributed by atoms with E-state index in [1.165, 1.54) is 0 Å². The van der Waals surface area contributed by atoms with Crippen LogP contribution < -0.4 is 4.90 Å². The lowest BCUT2D eigenvalue weighted by atomic mass is 10.1. The number of hydrogen-bond acceptors (Lipinski definition) is 6. The lowest BCUT2D eigenvalue weighted by molar-refractivity contribution is 0.204. The third-order valence-corrected chi connectivity index (χ3v) is 5.76. The predicted octanol–water partition coefficient (Wildman–Crippen LogP) is 6.06. The Bertz CT molecular complexity index is 1230. The fourth-order valence-corrected chi connectivity index (χ4v) is 3.87. The zero-order valence-electron chi connectivity index (χ0n) is 19.6. The lowest BCUT2D eigenvalue weighted by Gasteiger charge is -2.30. The van der Waals surface area contributed by atoms with Gasteiger partial charge in [0.2, 0.25) is 0 Å². The number of aryl methyl sites for hydroxylation is 2. The topological polar surface area (TPSA) is 64.0 Å². The number of rotatable bonds is 6. The molecule has 4 rings (SSSR count). The fraction of sp³-hybridized carbons (Fsp3) is 0.308. The average Bonchev–Trinajstić information content (AvgIpc) is 2.79. The zero-order valence-corrected chi connectivity index (χ0v) is 20.4. The Hall–Kier alpha value is -3.25. The summed E-state index contributed by atoms with van der Waals surface area (Å²) in [6.07, 6.45) is 5.64. The third-order valence-electron chi connectivity index (χ3n) is 5.46. The molecule has 0 fully saturated rings. The van der Waals surface area contributed by atoms with Crippen molar-refractivity contribution < 1.29 is 4.74 Å². The molecule has 0 amide bonds. The summed E-state index contributed by atoms with van der Waals surface area (Å²) in [5, 5.41) is 0.645. The second-order valence-corrected chi connectivity index (χ2v) is 8.97. The number of nitrogens with zero attached hydrogens (tertiary/aromatic N) is 5. The second kappa shape index (κ2) is 9.71. The summed E-state index contributed by atoms with van der Waals surface area (Å²) >= 11 is 6.64. The summed E-state index contributed by atoms with van der Waals surface area (Å²) < 4.78 is 5.99. The standard InChI is InChI=1S/C26H28ClN5O/c1-16(2)26-29-13-17(3)25(31-26)23-12-21(9-10-28-23)32-14-22(27)24(11-19(32)5)33-15-20-8-6-7-18(4)30-20/h6-13,16H,14-15H2,1-5H3. The van der Waals surface area contributed by atoms with Gasteiger partial charge in [-0.1, -0.05) is 31.5 Å². The molecular weight excluding hydrogens is 434 g/mol. The Morgan fingerprint density at radius 1 is 1.09 bits per heavy atom. The normalized spacial score (nSPS) is 14.0. The molecule has 0 saturated carbocycles. The van der Waals surface area contributed by atoms with Gasteiger partial charge in [0.25, 0.3) is 0 Å². The first-order valence-electron chi connectivity index (χ1n) is 11.0. The molecule has 0 bridgehead atoms. The number of hydrogen-bond donors (Lipinski definition) is 0. The van der Waals surface area contributed by atoms with Gasteiger partial charge >= 0.3 is 0 Å². The van der Waals surface area contributed by atoms with Crippen LogP contribution in [-0.2, 0) is 11.3 Å². The van der Waals surface area contributed by atoms with Crippen molar-refractivity contribution in [2.24, 2.45) is 0 Å². The SMILES string of the molecule is CC1=CC(OCc2cccc(C)n2)=C(Cl)CN1c1ccnc(-c2nc(C(C)C)ncc2C)c1. The molecule has 0 saturated heterocycles. The molecule has 1 aliphatic heterocycles. The smallest absolute Gasteiger partial charge is 0.137 e. The maximum absolute atomic E-state index is 6.64. The molecule has 6 nitrogen and oxygen atoms in total. The highest BCUT2D eigenvalue weighted by Crippen LogP contribution is 2.31. The minimum Gasteiger partial charge on any atom is -0.486 e. The summed E-state index contributed by atoms with van der Waals surface area (Å²) in [7, 11) is 0. The van der Waals surface area contributed by atoms with Crippen LogP contribution in [0, 0.1) is 13.8 Å². The number of halogens is 1. The molecule has 0 spiro atoms. The minimum absolute atomic E-state index is 0.247. The van der Waals surface area contributed by atoms with Crippen LogP contribution in [0.1, 0.15) is 49.5 Å². The number of allylic oxidation sites excluding steroid dienone is 2. The minimum atomic E-state index is 0.247. The quantitative estimate of drug-likeness (QED) is 0.444. The number of pyridine rings is 2. The first kappa shape index (κ1) is 22.9. The van der Waals surface area contributed by atoms with E-state index in [1.807, 2.05) is 69.6 Å². The van der Waals surface area contributed by atoms with Crippen LogP contribution in [0.5, 0.6) is 0 Å². The molecule has 0 aliphatic carbocycles. The van der Waals surface area contributed by atoms with E-state index >= 15 is 0 Å². The Morgan fingerprint density at radius 3 is 2.67 bits per heavy atom. The molecule has 3 aromatic rings. The van der Waals surface area contributed by atoms with Crippen LogP contribution in [-0.4, -0.2) is 26.5 Å². The largest absolute Gasteiger partial charge is 0.486 e. The van der Waals surface area contributed by atoms with Gasteiger partial charge in [-0.05, 0) is 50.6 Å². The van der Waals surface area contributed by atoms with E-state index in [4.69, 9.17) is 21.3 Å². The second-order valence-electron chi connectivity index (χ2n) is 8.51. The summed E-state index contributed by atoms with van der Waals surface area (Å²) in [4.78, 5) is 20.4. The van der Waals surface area contributed by atoms with Crippen molar-refractivity contribution >= 4 is 17.3 Å². The van der Waals surface area contributed by atoms with Gasteiger partial charge in [-0.15, -0.1) is 0 Å². The van der Waals surface area contributed by atoms with Crippen molar-refractivity contribution in [1.82, 2.24) is 19.9 Å². The van der Waals surface area contributed by atoms with Gasteiger partial charge in [0.1, 0.15) is 18.2 Å². The van der Waals surface area contributed by atoms with Crippen LogP contribution in [0.2, 0.25) is 0 Å². The van der Waals surface area contributed by atoms with Crippen molar-refractivity contribution in [3.8, 4) is 11.4 Å². The van der Waals surface area contributed by atoms with Crippen molar-refractivity contribution in [1.29, 1.82) is 0 Å². The van der Waals surface area contributed by atoms with Crippen LogP contribution in [0.15, 0.2) is 65.3 Å². The Morgan fingerprint density at radius 2 is 1.91 bits per heavy atom. The van der Waals surface area contributed by atoms with E-state index in [9.17, 15) is 0 Å². The van der Waals surface area contributed by atoms with Gasteiger partial charge in [-0.25, -0.2) is 9.97 Å². The molecule has 0 aromatic carbocycles. The van der Waals surface area contributed by atoms with Crippen molar-refractivity contribution in [2.75, 3.05) is 11.4 Å². The van der Waals surface area contributed by atoms with E-state index in [2.05, 4.69) is 33.7 Å². The van der Waals surface area contributed by atoms with E-state index < -0.39 is 0 Å². The van der Waals surface area contributed by atoms with Gasteiger partial charge < -0.3 is 9.64 Å². The Kier molecular flexibility index (Phi) is 6.75. The van der Waals surface area contributed by atoms with Gasteiger partial charge in [-0.3, -0.25) is 9.97 Å². The molecule has 33 heavy (non-hydrogen) atoms. The lowest BCUT2D eigenvalue weighted by Crippen LogP contribution is -2.26. The van der Waals surface area contributed by atoms with E-state index in [-0.39, 0.29) is 5.92 Å². The van der Waals surface area contributed by atoms with Gasteiger partial charge in [0.05, 0.1) is 28.7 Å². The molecule has 1 aliphatic rings. The highest BCUT2D eigenvalue weighted by molar-refractivity contribution is 6.30. The molecule has 3 aromatic heterocycles. The van der Waals surface area contributed by atoms with E-state index in [0.29, 0.717) is 23.9 Å². The maximum atomic E-state index is 6.64. The monoisotopic (exact) mass is 461 g/mol. The molecule has 0 N–H and O–H groups in total. The predicted molar refractivity (Wildman–Crippen MR) is 132 cm³/mol. The number of anilines is 1. The fourth-order valence-electron chi connectivity index (χ4n) is 3.64. The van der Waals surface area contributed by atoms with E-state index in [1.54, 1.807) is 0 Å².